The molecule has 0 bridgehead atoms. The van der Waals surface area contributed by atoms with Gasteiger partial charge in [-0.15, -0.1) is 0 Å². The topological polar surface area (TPSA) is 23.5 Å². The number of aromatic hydroxyl groups is 1. The van der Waals surface area contributed by atoms with Gasteiger partial charge in [0.25, 0.3) is 0 Å². The van der Waals surface area contributed by atoms with Crippen LogP contribution in [0.25, 0.3) is 0 Å². The van der Waals surface area contributed by atoms with Crippen molar-refractivity contribution < 1.29 is 9.50 Å². The zero-order chi connectivity index (χ0) is 10.4. The fourth-order valence-electron chi connectivity index (χ4n) is 1.32. The number of phenols is 1. The Kier molecular flexibility index (Phi) is 4.40. The highest BCUT2D eigenvalue weighted by atomic mass is 19.1. The molecule has 14 heavy (non-hydrogen) atoms. The van der Waals surface area contributed by atoms with E-state index in [1.807, 2.05) is 0 Å². The summed E-state index contributed by atoms with van der Waals surface area (Å²) in [5.74, 6) is -0.241. The third kappa shape index (κ3) is 4.23. The Hall–Kier alpha value is -1.09. The quantitative estimate of drug-likeness (QED) is 0.689. The van der Waals surface area contributed by atoms with Gasteiger partial charge in [-0.05, 0) is 57.2 Å². The zero-order valence-corrected chi connectivity index (χ0v) is 8.41. The normalized spacial score (nSPS) is 16.1. The molecule has 0 aromatic heterocycles. The van der Waals surface area contributed by atoms with Gasteiger partial charge in [0.2, 0.25) is 0 Å². The van der Waals surface area contributed by atoms with Crippen molar-refractivity contribution in [3.63, 3.8) is 0 Å². The molecule has 1 aliphatic rings. The lowest BCUT2D eigenvalue weighted by Gasteiger charge is -2.01. The van der Waals surface area contributed by atoms with Gasteiger partial charge in [-0.1, -0.05) is 0 Å². The Balaban J connectivity index is 0.000000146. The SMILES string of the molecule is CN1CCCC1.Oc1ccc(F)cc1. The highest BCUT2D eigenvalue weighted by Gasteiger charge is 2.03. The smallest absolute Gasteiger partial charge is 0.123 e. The first kappa shape index (κ1) is 11.0. The summed E-state index contributed by atoms with van der Waals surface area (Å²) in [5.41, 5.74) is 0. The summed E-state index contributed by atoms with van der Waals surface area (Å²) < 4.78 is 12.0. The number of phenolic OH excluding ortho intramolecular Hbond substituents is 1. The molecule has 78 valence electrons. The summed E-state index contributed by atoms with van der Waals surface area (Å²) in [7, 11) is 2.17. The van der Waals surface area contributed by atoms with Crippen LogP contribution in [0.2, 0.25) is 0 Å². The number of hydrogen-bond donors (Lipinski definition) is 1. The summed E-state index contributed by atoms with van der Waals surface area (Å²) in [6.07, 6.45) is 2.83. The van der Waals surface area contributed by atoms with Crippen molar-refractivity contribution in [2.75, 3.05) is 20.1 Å². The first-order valence-corrected chi connectivity index (χ1v) is 4.81. The van der Waals surface area contributed by atoms with Gasteiger partial charge in [0.15, 0.2) is 0 Å². The molecule has 1 N–H and O–H groups in total. The molecular formula is C11H16FNO. The first-order valence-electron chi connectivity index (χ1n) is 4.81. The molecule has 1 saturated heterocycles. The average Bonchev–Trinajstić information content (AvgIpc) is 2.63. The minimum atomic E-state index is -0.331. The molecule has 0 aliphatic carbocycles. The van der Waals surface area contributed by atoms with Crippen molar-refractivity contribution in [2.24, 2.45) is 0 Å². The minimum absolute atomic E-state index is 0.0893. The fraction of sp³-hybridized carbons (Fsp3) is 0.455. The van der Waals surface area contributed by atoms with Crippen LogP contribution in [0.4, 0.5) is 4.39 Å². The summed E-state index contributed by atoms with van der Waals surface area (Å²) >= 11 is 0. The Morgan fingerprint density at radius 1 is 1.14 bits per heavy atom. The molecule has 0 atom stereocenters. The Morgan fingerprint density at radius 3 is 1.93 bits per heavy atom. The number of halogens is 1. The van der Waals surface area contributed by atoms with Crippen LogP contribution in [-0.2, 0) is 0 Å². The number of rotatable bonds is 0. The molecule has 1 fully saturated rings. The molecule has 1 aromatic rings. The lowest BCUT2D eigenvalue weighted by Crippen LogP contribution is -2.10. The van der Waals surface area contributed by atoms with E-state index >= 15 is 0 Å². The highest BCUT2D eigenvalue weighted by Crippen LogP contribution is 2.06. The van der Waals surface area contributed by atoms with Crippen LogP contribution >= 0.6 is 0 Å². The minimum Gasteiger partial charge on any atom is -0.508 e. The predicted molar refractivity (Wildman–Crippen MR) is 54.8 cm³/mol. The molecule has 0 saturated carbocycles. The fourth-order valence-corrected chi connectivity index (χ4v) is 1.32. The molecule has 3 heteroatoms. The van der Waals surface area contributed by atoms with Crippen LogP contribution < -0.4 is 0 Å². The van der Waals surface area contributed by atoms with E-state index in [1.165, 1.54) is 50.2 Å². The van der Waals surface area contributed by atoms with Gasteiger partial charge in [-0.3, -0.25) is 0 Å². The molecule has 0 amide bonds. The third-order valence-corrected chi connectivity index (χ3v) is 2.16. The van der Waals surface area contributed by atoms with Crippen molar-refractivity contribution >= 4 is 0 Å². The van der Waals surface area contributed by atoms with Gasteiger partial charge < -0.3 is 10.0 Å². The lowest BCUT2D eigenvalue weighted by molar-refractivity contribution is 0.418. The van der Waals surface area contributed by atoms with E-state index in [9.17, 15) is 4.39 Å². The molecular weight excluding hydrogens is 181 g/mol. The van der Waals surface area contributed by atoms with Crippen molar-refractivity contribution in [2.45, 2.75) is 12.8 Å². The Morgan fingerprint density at radius 2 is 1.64 bits per heavy atom. The first-order chi connectivity index (χ1) is 6.68. The largest absolute Gasteiger partial charge is 0.508 e. The standard InChI is InChI=1S/C6H5FO.C5H11N/c7-5-1-3-6(8)4-2-5;1-6-4-2-3-5-6/h1-4,8H;2-5H2,1H3. The second-order valence-electron chi connectivity index (χ2n) is 3.49. The number of likely N-dealkylation sites (tertiary alicyclic amines) is 1. The maximum atomic E-state index is 12.0. The van der Waals surface area contributed by atoms with Gasteiger partial charge in [-0.2, -0.15) is 0 Å². The summed E-state index contributed by atoms with van der Waals surface area (Å²) in [5, 5.41) is 8.59. The zero-order valence-electron chi connectivity index (χ0n) is 8.41. The lowest BCUT2D eigenvalue weighted by atomic mass is 10.3. The average molecular weight is 197 g/mol. The Bertz CT molecular complexity index is 233. The van der Waals surface area contributed by atoms with Crippen LogP contribution in [0.15, 0.2) is 24.3 Å². The molecule has 1 heterocycles. The summed E-state index contributed by atoms with van der Waals surface area (Å²) in [6, 6.07) is 5.01. The molecule has 0 unspecified atom stereocenters. The second kappa shape index (κ2) is 5.60. The maximum absolute atomic E-state index is 12.0. The summed E-state index contributed by atoms with van der Waals surface area (Å²) in [6.45, 7) is 2.64. The number of hydrogen-bond acceptors (Lipinski definition) is 2. The molecule has 0 radical (unpaired) electrons. The maximum Gasteiger partial charge on any atom is 0.123 e. The molecule has 2 nitrogen and oxygen atoms in total. The van der Waals surface area contributed by atoms with E-state index in [0.29, 0.717) is 0 Å². The number of nitrogens with zero attached hydrogens (tertiary/aromatic N) is 1. The van der Waals surface area contributed by atoms with Crippen LogP contribution in [0, 0.1) is 5.82 Å². The van der Waals surface area contributed by atoms with E-state index in [2.05, 4.69) is 11.9 Å². The van der Waals surface area contributed by atoms with Gasteiger partial charge in [0, 0.05) is 0 Å². The van der Waals surface area contributed by atoms with E-state index in [-0.39, 0.29) is 11.6 Å². The predicted octanol–water partition coefficient (Wildman–Crippen LogP) is 2.24. The van der Waals surface area contributed by atoms with E-state index in [4.69, 9.17) is 5.11 Å². The van der Waals surface area contributed by atoms with Gasteiger partial charge >= 0.3 is 0 Å². The van der Waals surface area contributed by atoms with Crippen LogP contribution in [-0.4, -0.2) is 30.1 Å². The molecule has 1 aromatic carbocycles. The van der Waals surface area contributed by atoms with Gasteiger partial charge in [-0.25, -0.2) is 4.39 Å². The van der Waals surface area contributed by atoms with E-state index in [0.717, 1.165) is 0 Å². The van der Waals surface area contributed by atoms with Crippen molar-refractivity contribution in [3.05, 3.63) is 30.1 Å². The molecule has 1 aliphatic heterocycles. The van der Waals surface area contributed by atoms with E-state index in [1.54, 1.807) is 0 Å². The van der Waals surface area contributed by atoms with Gasteiger partial charge in [0.05, 0.1) is 0 Å². The van der Waals surface area contributed by atoms with E-state index < -0.39 is 0 Å². The third-order valence-electron chi connectivity index (χ3n) is 2.16. The van der Waals surface area contributed by atoms with Crippen LogP contribution in [0.3, 0.4) is 0 Å². The van der Waals surface area contributed by atoms with Crippen molar-refractivity contribution in [1.82, 2.24) is 4.90 Å². The van der Waals surface area contributed by atoms with Crippen LogP contribution in [0.5, 0.6) is 5.75 Å². The summed E-state index contributed by atoms with van der Waals surface area (Å²) in [4.78, 5) is 2.36. The second-order valence-corrected chi connectivity index (χ2v) is 3.49. The number of benzene rings is 1. The molecule has 2 rings (SSSR count). The monoisotopic (exact) mass is 197 g/mol. The van der Waals surface area contributed by atoms with Crippen molar-refractivity contribution in [3.8, 4) is 5.75 Å². The van der Waals surface area contributed by atoms with Gasteiger partial charge in [0.1, 0.15) is 11.6 Å². The Labute approximate surface area is 84.0 Å². The molecule has 0 spiro atoms. The van der Waals surface area contributed by atoms with Crippen molar-refractivity contribution in [1.29, 1.82) is 0 Å². The van der Waals surface area contributed by atoms with Crippen LogP contribution in [0.1, 0.15) is 12.8 Å². The highest BCUT2D eigenvalue weighted by molar-refractivity contribution is 5.19.